The van der Waals surface area contributed by atoms with Crippen LogP contribution < -0.4 is 10.7 Å². The van der Waals surface area contributed by atoms with Crippen LogP contribution in [-0.4, -0.2) is 17.2 Å². The number of carbonyl (C=O) groups is 1. The van der Waals surface area contributed by atoms with Crippen LogP contribution in [0.1, 0.15) is 4.88 Å². The van der Waals surface area contributed by atoms with E-state index in [0.717, 1.165) is 11.3 Å². The van der Waals surface area contributed by atoms with Crippen molar-refractivity contribution in [3.63, 3.8) is 0 Å². The summed E-state index contributed by atoms with van der Waals surface area (Å²) in [5, 5.41) is 16.8. The number of hydrazone groups is 1. The van der Waals surface area contributed by atoms with Gasteiger partial charge < -0.3 is 5.32 Å². The van der Waals surface area contributed by atoms with Crippen molar-refractivity contribution in [1.29, 1.82) is 0 Å². The van der Waals surface area contributed by atoms with Crippen LogP contribution >= 0.6 is 11.3 Å². The SMILES string of the molecule is O=C(NN=Cc1ccc([N+](=O)[O-])s1)Nc1ccccc1. The predicted molar refractivity (Wildman–Crippen MR) is 77.2 cm³/mol. The van der Waals surface area contributed by atoms with Crippen LogP contribution in [0.4, 0.5) is 15.5 Å². The molecule has 7 nitrogen and oxygen atoms in total. The number of rotatable bonds is 4. The number of nitro groups is 1. The number of anilines is 1. The van der Waals surface area contributed by atoms with Gasteiger partial charge in [0.1, 0.15) is 0 Å². The summed E-state index contributed by atoms with van der Waals surface area (Å²) in [6, 6.07) is 11.4. The van der Waals surface area contributed by atoms with E-state index >= 15 is 0 Å². The maximum absolute atomic E-state index is 11.5. The minimum Gasteiger partial charge on any atom is -0.307 e. The molecule has 0 aliphatic rings. The van der Waals surface area contributed by atoms with E-state index in [1.165, 1.54) is 12.3 Å². The molecule has 0 aliphatic heterocycles. The van der Waals surface area contributed by atoms with Gasteiger partial charge in [-0.05, 0) is 18.2 Å². The van der Waals surface area contributed by atoms with E-state index < -0.39 is 11.0 Å². The Morgan fingerprint density at radius 1 is 1.25 bits per heavy atom. The predicted octanol–water partition coefficient (Wildman–Crippen LogP) is 2.81. The summed E-state index contributed by atoms with van der Waals surface area (Å²) in [7, 11) is 0. The first-order valence-electron chi connectivity index (χ1n) is 5.54. The van der Waals surface area contributed by atoms with Crippen LogP contribution in [0.25, 0.3) is 0 Å². The normalized spacial score (nSPS) is 10.4. The lowest BCUT2D eigenvalue weighted by Gasteiger charge is -2.02. The fourth-order valence-electron chi connectivity index (χ4n) is 1.34. The molecule has 2 amide bonds. The van der Waals surface area contributed by atoms with Crippen molar-refractivity contribution in [1.82, 2.24) is 5.43 Å². The van der Waals surface area contributed by atoms with Crippen molar-refractivity contribution in [2.75, 3.05) is 5.32 Å². The van der Waals surface area contributed by atoms with Gasteiger partial charge in [-0.25, -0.2) is 10.2 Å². The molecule has 0 spiro atoms. The van der Waals surface area contributed by atoms with Crippen LogP contribution in [0.3, 0.4) is 0 Å². The first-order valence-corrected chi connectivity index (χ1v) is 6.36. The smallest absolute Gasteiger partial charge is 0.307 e. The lowest BCUT2D eigenvalue weighted by atomic mass is 10.3. The van der Waals surface area contributed by atoms with Gasteiger partial charge in [0.15, 0.2) is 0 Å². The summed E-state index contributed by atoms with van der Waals surface area (Å²) in [4.78, 5) is 22.1. The summed E-state index contributed by atoms with van der Waals surface area (Å²) in [5.41, 5.74) is 2.92. The molecule has 1 heterocycles. The molecular formula is C12H10N4O3S. The third-order valence-electron chi connectivity index (χ3n) is 2.18. The van der Waals surface area contributed by atoms with Crippen molar-refractivity contribution in [2.45, 2.75) is 0 Å². The third kappa shape index (κ3) is 3.89. The number of para-hydroxylation sites is 1. The highest BCUT2D eigenvalue weighted by atomic mass is 32.1. The highest BCUT2D eigenvalue weighted by Gasteiger charge is 2.08. The molecule has 2 rings (SSSR count). The molecule has 0 radical (unpaired) electrons. The van der Waals surface area contributed by atoms with Gasteiger partial charge in [-0.3, -0.25) is 10.1 Å². The molecule has 0 unspecified atom stereocenters. The summed E-state index contributed by atoms with van der Waals surface area (Å²) in [5.74, 6) is 0. The van der Waals surface area contributed by atoms with Gasteiger partial charge in [0.05, 0.1) is 16.0 Å². The van der Waals surface area contributed by atoms with Crippen molar-refractivity contribution < 1.29 is 9.72 Å². The first-order chi connectivity index (χ1) is 9.65. The zero-order valence-electron chi connectivity index (χ0n) is 10.1. The van der Waals surface area contributed by atoms with Crippen molar-refractivity contribution in [3.8, 4) is 0 Å². The number of hydrogen-bond donors (Lipinski definition) is 2. The van der Waals surface area contributed by atoms with Crippen molar-refractivity contribution in [2.24, 2.45) is 5.10 Å². The zero-order chi connectivity index (χ0) is 14.4. The number of thiophene rings is 1. The number of urea groups is 1. The Kier molecular flexibility index (Phi) is 4.40. The number of nitrogens with zero attached hydrogens (tertiary/aromatic N) is 2. The quantitative estimate of drug-likeness (QED) is 0.514. The van der Waals surface area contributed by atoms with Crippen LogP contribution in [0, 0.1) is 10.1 Å². The molecule has 0 bridgehead atoms. The monoisotopic (exact) mass is 290 g/mol. The molecule has 0 saturated heterocycles. The fraction of sp³-hybridized carbons (Fsp3) is 0. The Morgan fingerprint density at radius 2 is 2.00 bits per heavy atom. The average Bonchev–Trinajstić information content (AvgIpc) is 2.89. The standard InChI is InChI=1S/C12H10N4O3S/c17-12(14-9-4-2-1-3-5-9)15-13-8-10-6-7-11(20-10)16(18)19/h1-8H,(H2,14,15,17). The number of carbonyl (C=O) groups excluding carboxylic acids is 1. The molecule has 0 atom stereocenters. The molecule has 0 fully saturated rings. The van der Waals surface area contributed by atoms with E-state index in [1.54, 1.807) is 30.3 Å². The average molecular weight is 290 g/mol. The largest absolute Gasteiger partial charge is 0.339 e. The molecule has 8 heteroatoms. The van der Waals surface area contributed by atoms with Crippen molar-refractivity contribution in [3.05, 3.63) is 57.5 Å². The Balaban J connectivity index is 1.86. The lowest BCUT2D eigenvalue weighted by molar-refractivity contribution is -0.380. The van der Waals surface area contributed by atoms with E-state index in [2.05, 4.69) is 15.8 Å². The maximum Gasteiger partial charge on any atom is 0.339 e. The molecule has 2 N–H and O–H groups in total. The van der Waals surface area contributed by atoms with E-state index in [9.17, 15) is 14.9 Å². The number of benzene rings is 1. The van der Waals surface area contributed by atoms with E-state index in [1.807, 2.05) is 6.07 Å². The van der Waals surface area contributed by atoms with Crippen molar-refractivity contribution >= 4 is 34.3 Å². The van der Waals surface area contributed by atoms with E-state index in [0.29, 0.717) is 10.6 Å². The van der Waals surface area contributed by atoms with Crippen LogP contribution in [-0.2, 0) is 0 Å². The van der Waals surface area contributed by atoms with Gasteiger partial charge in [0.2, 0.25) is 0 Å². The summed E-state index contributed by atoms with van der Waals surface area (Å²) >= 11 is 0.977. The minimum absolute atomic E-state index is 0.0280. The summed E-state index contributed by atoms with van der Waals surface area (Å²) < 4.78 is 0. The fourth-order valence-corrected chi connectivity index (χ4v) is 2.04. The minimum atomic E-state index is -0.487. The Bertz CT molecular complexity index is 639. The first kappa shape index (κ1) is 13.7. The Labute approximate surface area is 118 Å². The summed E-state index contributed by atoms with van der Waals surface area (Å²) in [6.45, 7) is 0. The van der Waals surface area contributed by atoms with Crippen LogP contribution in [0.2, 0.25) is 0 Å². The van der Waals surface area contributed by atoms with Gasteiger partial charge in [0.25, 0.3) is 0 Å². The molecular weight excluding hydrogens is 280 g/mol. The van der Waals surface area contributed by atoms with E-state index in [-0.39, 0.29) is 5.00 Å². The van der Waals surface area contributed by atoms with Gasteiger partial charge in [-0.15, -0.1) is 0 Å². The highest BCUT2D eigenvalue weighted by molar-refractivity contribution is 7.16. The topological polar surface area (TPSA) is 96.6 Å². The van der Waals surface area contributed by atoms with E-state index in [4.69, 9.17) is 0 Å². The number of nitrogens with one attached hydrogen (secondary N) is 2. The Hall–Kier alpha value is -2.74. The Morgan fingerprint density at radius 3 is 2.65 bits per heavy atom. The second kappa shape index (κ2) is 6.43. The molecule has 20 heavy (non-hydrogen) atoms. The lowest BCUT2D eigenvalue weighted by Crippen LogP contribution is -2.24. The van der Waals surface area contributed by atoms with Gasteiger partial charge in [-0.2, -0.15) is 5.10 Å². The molecule has 1 aromatic heterocycles. The van der Waals surface area contributed by atoms with Gasteiger partial charge in [0, 0.05) is 11.8 Å². The molecule has 1 aromatic carbocycles. The van der Waals surface area contributed by atoms with Gasteiger partial charge >= 0.3 is 11.0 Å². The molecule has 2 aromatic rings. The molecule has 0 saturated carbocycles. The zero-order valence-corrected chi connectivity index (χ0v) is 11.0. The van der Waals surface area contributed by atoms with Gasteiger partial charge in [-0.1, -0.05) is 29.5 Å². The van der Waals surface area contributed by atoms with Crippen LogP contribution in [0.5, 0.6) is 0 Å². The second-order valence-corrected chi connectivity index (χ2v) is 4.72. The molecule has 0 aliphatic carbocycles. The second-order valence-electron chi connectivity index (χ2n) is 3.62. The van der Waals surface area contributed by atoms with Crippen LogP contribution in [0.15, 0.2) is 47.6 Å². The summed E-state index contributed by atoms with van der Waals surface area (Å²) in [6.07, 6.45) is 1.35. The number of amides is 2. The maximum atomic E-state index is 11.5. The molecule has 102 valence electrons. The number of hydrogen-bond acceptors (Lipinski definition) is 5. The highest BCUT2D eigenvalue weighted by Crippen LogP contribution is 2.22. The third-order valence-corrected chi connectivity index (χ3v) is 3.15.